The molecule has 0 radical (unpaired) electrons. The summed E-state index contributed by atoms with van der Waals surface area (Å²) < 4.78 is 51.9. The summed E-state index contributed by atoms with van der Waals surface area (Å²) in [6.07, 6.45) is -4.03. The van der Waals surface area contributed by atoms with Crippen LogP contribution in [0.2, 0.25) is 0 Å². The largest absolute Gasteiger partial charge is 0.419 e. The van der Waals surface area contributed by atoms with Crippen LogP contribution in [0.4, 0.5) is 23.2 Å². The molecule has 0 saturated carbocycles. The van der Waals surface area contributed by atoms with Gasteiger partial charge in [0.05, 0.1) is 12.0 Å². The number of carbonyl (C=O) groups excluding carboxylic acids is 2. The Morgan fingerprint density at radius 3 is 2.56 bits per heavy atom. The summed E-state index contributed by atoms with van der Waals surface area (Å²) >= 11 is 0. The number of hydrogen-bond donors (Lipinski definition) is 1. The minimum absolute atomic E-state index is 0.0723. The lowest BCUT2D eigenvalue weighted by atomic mass is 9.97. The molecule has 2 aromatic rings. The van der Waals surface area contributed by atoms with Crippen LogP contribution in [-0.4, -0.2) is 48.8 Å². The molecule has 0 unspecified atom stereocenters. The maximum absolute atomic E-state index is 13.8. The maximum Gasteiger partial charge on any atom is 0.419 e. The average molecular weight is 451 g/mol. The van der Waals surface area contributed by atoms with E-state index in [1.807, 2.05) is 25.1 Å². The Hall–Kier alpha value is -2.94. The van der Waals surface area contributed by atoms with E-state index in [1.54, 1.807) is 17.0 Å². The lowest BCUT2D eigenvalue weighted by Crippen LogP contribution is -2.37. The Balaban J connectivity index is 1.66. The summed E-state index contributed by atoms with van der Waals surface area (Å²) in [6, 6.07) is 7.91. The van der Waals surface area contributed by atoms with E-state index in [4.69, 9.17) is 0 Å². The van der Waals surface area contributed by atoms with Gasteiger partial charge in [-0.3, -0.25) is 9.59 Å². The molecule has 0 atom stereocenters. The summed E-state index contributed by atoms with van der Waals surface area (Å²) in [6.45, 7) is 1.66. The fourth-order valence-corrected chi connectivity index (χ4v) is 3.70. The van der Waals surface area contributed by atoms with E-state index in [-0.39, 0.29) is 17.9 Å². The van der Waals surface area contributed by atoms with Gasteiger partial charge in [0, 0.05) is 31.7 Å². The Bertz CT molecular complexity index is 1010. The fourth-order valence-electron chi connectivity index (χ4n) is 3.70. The first-order valence-corrected chi connectivity index (χ1v) is 10.2. The van der Waals surface area contributed by atoms with Crippen LogP contribution in [0.5, 0.6) is 0 Å². The highest BCUT2D eigenvalue weighted by molar-refractivity contribution is 5.93. The van der Waals surface area contributed by atoms with E-state index in [2.05, 4.69) is 5.32 Å². The quantitative estimate of drug-likeness (QED) is 0.679. The second-order valence-electron chi connectivity index (χ2n) is 8.10. The first-order valence-electron chi connectivity index (χ1n) is 10.2. The Kier molecular flexibility index (Phi) is 7.18. The number of nitrogens with zero attached hydrogens (tertiary/aromatic N) is 2. The first-order chi connectivity index (χ1) is 15.0. The number of halogens is 4. The van der Waals surface area contributed by atoms with Gasteiger partial charge in [-0.1, -0.05) is 18.2 Å². The van der Waals surface area contributed by atoms with Crippen molar-refractivity contribution in [3.63, 3.8) is 0 Å². The Labute approximate surface area is 184 Å². The zero-order valence-electron chi connectivity index (χ0n) is 17.9. The molecule has 1 heterocycles. The number of carbonyl (C=O) groups is 2. The highest BCUT2D eigenvalue weighted by Gasteiger charge is 2.34. The van der Waals surface area contributed by atoms with Crippen LogP contribution >= 0.6 is 0 Å². The molecule has 3 rings (SSSR count). The van der Waals surface area contributed by atoms with E-state index in [0.29, 0.717) is 44.2 Å². The molecule has 0 saturated heterocycles. The third-order valence-electron chi connectivity index (χ3n) is 5.37. The number of fused-ring (bicyclic) bond motifs is 1. The Morgan fingerprint density at radius 1 is 1.16 bits per heavy atom. The van der Waals surface area contributed by atoms with Crippen molar-refractivity contribution in [1.82, 2.24) is 9.80 Å². The molecule has 1 N–H and O–H groups in total. The van der Waals surface area contributed by atoms with Gasteiger partial charge in [-0.2, -0.15) is 13.2 Å². The van der Waals surface area contributed by atoms with Gasteiger partial charge in [-0.05, 0) is 55.4 Å². The van der Waals surface area contributed by atoms with Crippen molar-refractivity contribution in [3.05, 3.63) is 64.5 Å². The van der Waals surface area contributed by atoms with Gasteiger partial charge in [0.1, 0.15) is 5.82 Å². The lowest BCUT2D eigenvalue weighted by Gasteiger charge is -2.30. The minimum Gasteiger partial charge on any atom is -0.338 e. The highest BCUT2D eigenvalue weighted by atomic mass is 19.4. The second kappa shape index (κ2) is 9.68. The van der Waals surface area contributed by atoms with Gasteiger partial charge in [-0.15, -0.1) is 0 Å². The van der Waals surface area contributed by atoms with Gasteiger partial charge in [0.25, 0.3) is 0 Å². The van der Waals surface area contributed by atoms with E-state index in [0.717, 1.165) is 23.3 Å². The zero-order valence-corrected chi connectivity index (χ0v) is 17.9. The molecule has 0 spiro atoms. The van der Waals surface area contributed by atoms with E-state index in [1.165, 1.54) is 0 Å². The topological polar surface area (TPSA) is 52.7 Å². The normalized spacial score (nSPS) is 13.8. The average Bonchev–Trinajstić information content (AvgIpc) is 2.70. The molecule has 2 amide bonds. The van der Waals surface area contributed by atoms with Crippen molar-refractivity contribution < 1.29 is 27.2 Å². The summed E-state index contributed by atoms with van der Waals surface area (Å²) in [5, 5.41) is 2.77. The molecule has 0 fully saturated rings. The minimum atomic E-state index is -4.78. The van der Waals surface area contributed by atoms with Crippen molar-refractivity contribution in [2.45, 2.75) is 32.0 Å². The van der Waals surface area contributed by atoms with Crippen molar-refractivity contribution >= 4 is 17.5 Å². The predicted octanol–water partition coefficient (Wildman–Crippen LogP) is 3.86. The SMILES string of the molecule is CN(C)CCC(=O)N1CCc2c(cccc2NC(=O)Cc2ccc(C(F)(F)F)c(F)c2)C1. The number of rotatable bonds is 6. The van der Waals surface area contributed by atoms with Crippen molar-refractivity contribution in [1.29, 1.82) is 0 Å². The summed E-state index contributed by atoms with van der Waals surface area (Å²) in [5.41, 5.74) is 1.25. The van der Waals surface area contributed by atoms with Crippen LogP contribution in [0, 0.1) is 5.82 Å². The van der Waals surface area contributed by atoms with Crippen LogP contribution < -0.4 is 5.32 Å². The fraction of sp³-hybridized carbons (Fsp3) is 0.391. The van der Waals surface area contributed by atoms with Gasteiger partial charge in [-0.25, -0.2) is 4.39 Å². The van der Waals surface area contributed by atoms with Crippen LogP contribution in [0.3, 0.4) is 0 Å². The first kappa shape index (κ1) is 23.7. The van der Waals surface area contributed by atoms with Crippen molar-refractivity contribution in [2.75, 3.05) is 32.5 Å². The zero-order chi connectivity index (χ0) is 23.5. The van der Waals surface area contributed by atoms with Gasteiger partial charge in [0.2, 0.25) is 11.8 Å². The molecule has 32 heavy (non-hydrogen) atoms. The monoisotopic (exact) mass is 451 g/mol. The van der Waals surface area contributed by atoms with E-state index >= 15 is 0 Å². The van der Waals surface area contributed by atoms with Crippen LogP contribution in [-0.2, 0) is 35.2 Å². The summed E-state index contributed by atoms with van der Waals surface area (Å²) in [4.78, 5) is 28.6. The molecule has 1 aliphatic rings. The highest BCUT2D eigenvalue weighted by Crippen LogP contribution is 2.32. The summed E-state index contributed by atoms with van der Waals surface area (Å²) in [7, 11) is 3.82. The number of anilines is 1. The van der Waals surface area contributed by atoms with Crippen LogP contribution in [0.1, 0.15) is 28.7 Å². The number of benzene rings is 2. The molecule has 1 aliphatic heterocycles. The molecule has 5 nitrogen and oxygen atoms in total. The Morgan fingerprint density at radius 2 is 1.91 bits per heavy atom. The number of hydrogen-bond acceptors (Lipinski definition) is 3. The van der Waals surface area contributed by atoms with Crippen molar-refractivity contribution in [2.24, 2.45) is 0 Å². The van der Waals surface area contributed by atoms with Crippen LogP contribution in [0.25, 0.3) is 0 Å². The molecule has 2 aromatic carbocycles. The van der Waals surface area contributed by atoms with E-state index in [9.17, 15) is 27.2 Å². The number of amides is 2. The van der Waals surface area contributed by atoms with Gasteiger partial charge in [0.15, 0.2) is 0 Å². The van der Waals surface area contributed by atoms with Gasteiger partial charge >= 0.3 is 6.18 Å². The standard InChI is InChI=1S/C23H25F4N3O2/c1-29(2)10-9-22(32)30-11-8-17-16(14-30)4-3-5-20(17)28-21(31)13-15-6-7-18(19(24)12-15)23(25,26)27/h3-7,12H,8-11,13-14H2,1-2H3,(H,28,31). The molecule has 9 heteroatoms. The molecule has 0 aromatic heterocycles. The van der Waals surface area contributed by atoms with Crippen LogP contribution in [0.15, 0.2) is 36.4 Å². The second-order valence-corrected chi connectivity index (χ2v) is 8.10. The smallest absolute Gasteiger partial charge is 0.338 e. The molecule has 0 aliphatic carbocycles. The van der Waals surface area contributed by atoms with E-state index < -0.39 is 23.5 Å². The number of alkyl halides is 3. The number of nitrogens with one attached hydrogen (secondary N) is 1. The molecule has 0 bridgehead atoms. The van der Waals surface area contributed by atoms with Gasteiger partial charge < -0.3 is 15.1 Å². The van der Waals surface area contributed by atoms with Crippen molar-refractivity contribution in [3.8, 4) is 0 Å². The molecular weight excluding hydrogens is 426 g/mol. The predicted molar refractivity (Wildman–Crippen MR) is 112 cm³/mol. The lowest BCUT2D eigenvalue weighted by molar-refractivity contribution is -0.140. The third kappa shape index (κ3) is 5.85. The molecular formula is C23H25F4N3O2. The maximum atomic E-state index is 13.8. The molecule has 172 valence electrons. The third-order valence-corrected chi connectivity index (χ3v) is 5.37. The summed E-state index contributed by atoms with van der Waals surface area (Å²) in [5.74, 6) is -1.79.